The van der Waals surface area contributed by atoms with Crippen LogP contribution in [0.25, 0.3) is 6.08 Å². The number of piperazine rings is 1. The van der Waals surface area contributed by atoms with Crippen LogP contribution in [0.5, 0.6) is 5.75 Å². The normalized spacial score (nSPS) is 16.0. The molecule has 4 aromatic carbocycles. The van der Waals surface area contributed by atoms with E-state index in [4.69, 9.17) is 4.74 Å². The van der Waals surface area contributed by atoms with Gasteiger partial charge in [-0.2, -0.15) is 0 Å². The molecule has 0 saturated carbocycles. The van der Waals surface area contributed by atoms with Crippen LogP contribution in [-0.2, 0) is 11.3 Å². The Kier molecular flexibility index (Phi) is 8.02. The monoisotopic (exact) mass is 575 g/mol. The molecule has 212 valence electrons. The van der Waals surface area contributed by atoms with Crippen LogP contribution in [0, 0.1) is 6.92 Å². The Morgan fingerprint density at radius 3 is 2.38 bits per heavy atom. The summed E-state index contributed by atoms with van der Waals surface area (Å²) in [4.78, 5) is 34.8. The van der Waals surface area contributed by atoms with E-state index < -0.39 is 0 Å². The molecule has 0 spiro atoms. The fourth-order valence-corrected chi connectivity index (χ4v) is 6.47. The number of methoxy groups -OCH3 is 1. The summed E-state index contributed by atoms with van der Waals surface area (Å²) in [5.41, 5.74) is 5.86. The second-order valence-corrected chi connectivity index (χ2v) is 11.6. The molecule has 2 aliphatic heterocycles. The van der Waals surface area contributed by atoms with E-state index in [2.05, 4.69) is 36.1 Å². The SMILES string of the molecule is COc1cccc(N2CCN(C(=O)c3ccc(/C=C4/Sc5ccccc5N(Cc5ccccc5C)C4=O)cc3)CC2)c1. The van der Waals surface area contributed by atoms with Crippen LogP contribution < -0.4 is 14.5 Å². The summed E-state index contributed by atoms with van der Waals surface area (Å²) < 4.78 is 5.36. The van der Waals surface area contributed by atoms with Gasteiger partial charge in [0.05, 0.1) is 24.2 Å². The van der Waals surface area contributed by atoms with Crippen LogP contribution >= 0.6 is 11.8 Å². The Morgan fingerprint density at radius 2 is 1.62 bits per heavy atom. The lowest BCUT2D eigenvalue weighted by molar-refractivity contribution is -0.114. The second-order valence-electron chi connectivity index (χ2n) is 10.5. The molecule has 2 heterocycles. The maximum atomic E-state index is 13.7. The molecule has 1 fully saturated rings. The quantitative estimate of drug-likeness (QED) is 0.241. The number of ether oxygens (including phenoxy) is 1. The van der Waals surface area contributed by atoms with Gasteiger partial charge in [0.25, 0.3) is 11.8 Å². The number of hydrogen-bond donors (Lipinski definition) is 0. The van der Waals surface area contributed by atoms with Gasteiger partial charge in [-0.05, 0) is 66.1 Å². The Bertz CT molecular complexity index is 1640. The molecule has 0 radical (unpaired) electrons. The minimum absolute atomic E-state index is 0.0176. The van der Waals surface area contributed by atoms with Crippen molar-refractivity contribution in [3.05, 3.63) is 124 Å². The van der Waals surface area contributed by atoms with Gasteiger partial charge in [0, 0.05) is 48.4 Å². The number of rotatable bonds is 6. The number of anilines is 2. The van der Waals surface area contributed by atoms with Crippen molar-refractivity contribution < 1.29 is 14.3 Å². The van der Waals surface area contributed by atoms with Gasteiger partial charge in [0.2, 0.25) is 0 Å². The van der Waals surface area contributed by atoms with E-state index in [1.807, 2.05) is 88.7 Å². The summed E-state index contributed by atoms with van der Waals surface area (Å²) in [5.74, 6) is 0.842. The molecule has 0 aliphatic carbocycles. The Labute approximate surface area is 251 Å². The van der Waals surface area contributed by atoms with Gasteiger partial charge in [0.1, 0.15) is 5.75 Å². The molecule has 1 saturated heterocycles. The highest BCUT2D eigenvalue weighted by atomic mass is 32.2. The van der Waals surface area contributed by atoms with Crippen LogP contribution in [0.4, 0.5) is 11.4 Å². The van der Waals surface area contributed by atoms with Crippen LogP contribution in [-0.4, -0.2) is 50.0 Å². The number of carbonyl (C=O) groups excluding carboxylic acids is 2. The highest BCUT2D eigenvalue weighted by Gasteiger charge is 2.29. The Morgan fingerprint density at radius 1 is 0.881 bits per heavy atom. The first kappa shape index (κ1) is 27.7. The van der Waals surface area contributed by atoms with E-state index in [1.165, 1.54) is 11.8 Å². The predicted molar refractivity (Wildman–Crippen MR) is 170 cm³/mol. The number of benzene rings is 4. The topological polar surface area (TPSA) is 53.1 Å². The number of fused-ring (bicyclic) bond motifs is 1. The molecular formula is C35H33N3O3S. The number of hydrogen-bond acceptors (Lipinski definition) is 5. The molecule has 42 heavy (non-hydrogen) atoms. The van der Waals surface area contributed by atoms with Crippen molar-refractivity contribution in [1.29, 1.82) is 0 Å². The third-order valence-corrected chi connectivity index (χ3v) is 8.94. The van der Waals surface area contributed by atoms with Crippen molar-refractivity contribution >= 4 is 41.0 Å². The molecule has 0 unspecified atom stereocenters. The molecule has 6 rings (SSSR count). The first-order valence-electron chi connectivity index (χ1n) is 14.1. The molecule has 6 nitrogen and oxygen atoms in total. The molecular weight excluding hydrogens is 542 g/mol. The van der Waals surface area contributed by atoms with E-state index in [9.17, 15) is 9.59 Å². The highest BCUT2D eigenvalue weighted by molar-refractivity contribution is 8.04. The first-order chi connectivity index (χ1) is 20.5. The number of aryl methyl sites for hydroxylation is 1. The minimum Gasteiger partial charge on any atom is -0.497 e. The molecule has 0 N–H and O–H groups in total. The summed E-state index contributed by atoms with van der Waals surface area (Å²) in [7, 11) is 1.67. The fraction of sp³-hybridized carbons (Fsp3) is 0.200. The summed E-state index contributed by atoms with van der Waals surface area (Å²) in [6, 6.07) is 31.8. The molecule has 2 aliphatic rings. The number of amides is 2. The fourth-order valence-electron chi connectivity index (χ4n) is 5.41. The van der Waals surface area contributed by atoms with Gasteiger partial charge in [-0.1, -0.05) is 66.4 Å². The number of carbonyl (C=O) groups is 2. The number of thioether (sulfide) groups is 1. The lowest BCUT2D eigenvalue weighted by Crippen LogP contribution is -2.48. The molecule has 0 aromatic heterocycles. The summed E-state index contributed by atoms with van der Waals surface area (Å²) in [6.07, 6.45) is 1.93. The van der Waals surface area contributed by atoms with Crippen molar-refractivity contribution in [3.63, 3.8) is 0 Å². The van der Waals surface area contributed by atoms with E-state index >= 15 is 0 Å². The maximum Gasteiger partial charge on any atom is 0.265 e. The van der Waals surface area contributed by atoms with Gasteiger partial charge in [-0.25, -0.2) is 0 Å². The molecule has 2 amide bonds. The minimum atomic E-state index is -0.0176. The third-order valence-electron chi connectivity index (χ3n) is 7.86. The number of para-hydroxylation sites is 1. The van der Waals surface area contributed by atoms with E-state index in [-0.39, 0.29) is 11.8 Å². The van der Waals surface area contributed by atoms with Gasteiger partial charge in [-0.15, -0.1) is 0 Å². The smallest absolute Gasteiger partial charge is 0.265 e. The van der Waals surface area contributed by atoms with Crippen LogP contribution in [0.15, 0.2) is 107 Å². The van der Waals surface area contributed by atoms with Crippen molar-refractivity contribution in [2.75, 3.05) is 43.1 Å². The predicted octanol–water partition coefficient (Wildman–Crippen LogP) is 6.65. The highest BCUT2D eigenvalue weighted by Crippen LogP contribution is 2.42. The first-order valence-corrected chi connectivity index (χ1v) is 14.9. The standard InChI is InChI=1S/C35H33N3O3S/c1-25-8-3-4-9-28(25)24-38-31-12-5-6-13-32(31)42-33(35(38)40)22-26-14-16-27(17-15-26)34(39)37-20-18-36(19-21-37)29-10-7-11-30(23-29)41-2/h3-17,22-23H,18-21,24H2,1-2H3/b33-22+. The summed E-state index contributed by atoms with van der Waals surface area (Å²) in [5, 5.41) is 0. The van der Waals surface area contributed by atoms with Crippen molar-refractivity contribution in [1.82, 2.24) is 4.90 Å². The molecule has 7 heteroatoms. The van der Waals surface area contributed by atoms with Gasteiger partial charge in [-0.3, -0.25) is 9.59 Å². The zero-order valence-corrected chi connectivity index (χ0v) is 24.6. The van der Waals surface area contributed by atoms with Gasteiger partial charge >= 0.3 is 0 Å². The van der Waals surface area contributed by atoms with Crippen molar-refractivity contribution in [2.24, 2.45) is 0 Å². The Hall–Kier alpha value is -4.49. The van der Waals surface area contributed by atoms with E-state index in [0.29, 0.717) is 30.1 Å². The second kappa shape index (κ2) is 12.2. The lowest BCUT2D eigenvalue weighted by atomic mass is 10.1. The lowest BCUT2D eigenvalue weighted by Gasteiger charge is -2.36. The molecule has 0 bridgehead atoms. The molecule has 0 atom stereocenters. The summed E-state index contributed by atoms with van der Waals surface area (Å²) >= 11 is 1.49. The van der Waals surface area contributed by atoms with Crippen molar-refractivity contribution in [3.8, 4) is 5.75 Å². The van der Waals surface area contributed by atoms with Gasteiger partial charge in [0.15, 0.2) is 0 Å². The average molecular weight is 576 g/mol. The van der Waals surface area contributed by atoms with Crippen LogP contribution in [0.2, 0.25) is 0 Å². The van der Waals surface area contributed by atoms with Crippen molar-refractivity contribution in [2.45, 2.75) is 18.4 Å². The maximum absolute atomic E-state index is 13.7. The van der Waals surface area contributed by atoms with Crippen LogP contribution in [0.1, 0.15) is 27.0 Å². The summed E-state index contributed by atoms with van der Waals surface area (Å²) in [6.45, 7) is 5.43. The average Bonchev–Trinajstić information content (AvgIpc) is 3.04. The molecule has 4 aromatic rings. The third kappa shape index (κ3) is 5.78. The zero-order chi connectivity index (χ0) is 29.1. The van der Waals surface area contributed by atoms with E-state index in [1.54, 1.807) is 7.11 Å². The zero-order valence-electron chi connectivity index (χ0n) is 23.8. The van der Waals surface area contributed by atoms with Gasteiger partial charge < -0.3 is 19.4 Å². The van der Waals surface area contributed by atoms with Crippen LogP contribution in [0.3, 0.4) is 0 Å². The van der Waals surface area contributed by atoms with E-state index in [0.717, 1.165) is 51.8 Å². The number of nitrogens with zero attached hydrogens (tertiary/aromatic N) is 3. The Balaban J connectivity index is 1.15. The largest absolute Gasteiger partial charge is 0.497 e.